The molecule has 2 aromatic carbocycles. The van der Waals surface area contributed by atoms with Gasteiger partial charge in [-0.15, -0.1) is 0 Å². The van der Waals surface area contributed by atoms with Crippen LogP contribution in [0.5, 0.6) is 0 Å². The molecule has 2 aromatic rings. The van der Waals surface area contributed by atoms with E-state index in [9.17, 15) is 9.59 Å². The molecule has 5 heteroatoms. The van der Waals surface area contributed by atoms with Crippen LogP contribution in [0, 0.1) is 5.92 Å². The molecule has 27 heavy (non-hydrogen) atoms. The fourth-order valence-corrected chi connectivity index (χ4v) is 5.00. The fourth-order valence-electron chi connectivity index (χ4n) is 5.00. The summed E-state index contributed by atoms with van der Waals surface area (Å²) in [5, 5.41) is 1.89. The van der Waals surface area contributed by atoms with Crippen LogP contribution in [-0.2, 0) is 14.4 Å². The van der Waals surface area contributed by atoms with E-state index in [1.165, 1.54) is 4.90 Å². The van der Waals surface area contributed by atoms with E-state index < -0.39 is 17.6 Å². The highest BCUT2D eigenvalue weighted by Crippen LogP contribution is 2.52. The Morgan fingerprint density at radius 1 is 0.778 bits per heavy atom. The summed E-state index contributed by atoms with van der Waals surface area (Å²) in [7, 11) is 0. The van der Waals surface area contributed by atoms with E-state index in [0.29, 0.717) is 5.69 Å². The molecule has 5 rings (SSSR count). The summed E-state index contributed by atoms with van der Waals surface area (Å²) in [6.07, 6.45) is 4.24. The van der Waals surface area contributed by atoms with Gasteiger partial charge in [-0.2, -0.15) is 0 Å². The third kappa shape index (κ3) is 2.34. The number of amides is 2. The van der Waals surface area contributed by atoms with Gasteiger partial charge in [-0.3, -0.25) is 14.4 Å². The van der Waals surface area contributed by atoms with Crippen LogP contribution in [0.4, 0.5) is 11.4 Å². The molecule has 1 aliphatic carbocycles. The predicted octanol–water partition coefficient (Wildman–Crippen LogP) is 3.70. The first-order valence-electron chi connectivity index (χ1n) is 9.67. The lowest BCUT2D eigenvalue weighted by Gasteiger charge is -2.43. The number of fused-ring (bicyclic) bond motifs is 2. The quantitative estimate of drug-likeness (QED) is 0.765. The van der Waals surface area contributed by atoms with Crippen molar-refractivity contribution in [2.75, 3.05) is 9.96 Å². The molecule has 0 radical (unpaired) electrons. The number of rotatable bonds is 2. The van der Waals surface area contributed by atoms with E-state index in [4.69, 9.17) is 4.84 Å². The summed E-state index contributed by atoms with van der Waals surface area (Å²) in [5.74, 6) is -0.832. The van der Waals surface area contributed by atoms with Crippen molar-refractivity contribution >= 4 is 23.2 Å². The number of carbonyl (C=O) groups excluding carboxylic acids is 2. The van der Waals surface area contributed by atoms with E-state index in [0.717, 1.165) is 37.8 Å². The lowest BCUT2D eigenvalue weighted by Crippen LogP contribution is -2.53. The van der Waals surface area contributed by atoms with Gasteiger partial charge >= 0.3 is 0 Å². The zero-order chi connectivity index (χ0) is 18.4. The Morgan fingerprint density at radius 3 is 2.00 bits per heavy atom. The van der Waals surface area contributed by atoms with E-state index in [1.807, 2.05) is 53.6 Å². The predicted molar refractivity (Wildman–Crippen MR) is 102 cm³/mol. The number of hydroxylamine groups is 1. The first-order chi connectivity index (χ1) is 13.2. The molecular formula is C22H22N2O3. The van der Waals surface area contributed by atoms with Gasteiger partial charge in [0.2, 0.25) is 5.91 Å². The minimum Gasteiger partial charge on any atom is -0.273 e. The van der Waals surface area contributed by atoms with Gasteiger partial charge in [0.1, 0.15) is 5.92 Å². The second-order valence-corrected chi connectivity index (χ2v) is 7.65. The second kappa shape index (κ2) is 6.20. The largest absolute Gasteiger partial charge is 0.273 e. The summed E-state index contributed by atoms with van der Waals surface area (Å²) in [4.78, 5) is 34.1. The normalized spacial score (nSPS) is 26.7. The zero-order valence-corrected chi connectivity index (χ0v) is 15.1. The molecular weight excluding hydrogens is 340 g/mol. The Labute approximate surface area is 158 Å². The molecule has 2 heterocycles. The highest BCUT2D eigenvalue weighted by atomic mass is 16.7. The Hall–Kier alpha value is -2.66. The van der Waals surface area contributed by atoms with Crippen molar-refractivity contribution in [3.8, 4) is 0 Å². The van der Waals surface area contributed by atoms with Crippen molar-refractivity contribution in [3.63, 3.8) is 0 Å². The number of anilines is 2. The SMILES string of the molecule is O=C1[C@H]2ON(c3ccccc3)C3(CCCCC3)[C@H]2C(=O)N1c1ccccc1. The van der Waals surface area contributed by atoms with Crippen LogP contribution >= 0.6 is 0 Å². The van der Waals surface area contributed by atoms with Crippen LogP contribution < -0.4 is 9.96 Å². The molecule has 0 aromatic heterocycles. The minimum atomic E-state index is -0.740. The molecule has 0 N–H and O–H groups in total. The van der Waals surface area contributed by atoms with E-state index in [1.54, 1.807) is 12.1 Å². The van der Waals surface area contributed by atoms with Gasteiger partial charge in [-0.25, -0.2) is 9.96 Å². The van der Waals surface area contributed by atoms with Crippen LogP contribution in [0.3, 0.4) is 0 Å². The standard InChI is InChI=1S/C22H22N2O3/c25-20-18-19(21(26)23(20)16-10-4-1-5-11-16)27-24(17-12-6-2-7-13-17)22(18)14-8-3-9-15-22/h1-2,4-7,10-13,18-19H,3,8-9,14-15H2/t18-,19+/m1/s1. The lowest BCUT2D eigenvalue weighted by molar-refractivity contribution is -0.126. The van der Waals surface area contributed by atoms with Gasteiger partial charge in [0.15, 0.2) is 6.10 Å². The topological polar surface area (TPSA) is 49.9 Å². The summed E-state index contributed by atoms with van der Waals surface area (Å²) >= 11 is 0. The zero-order valence-electron chi connectivity index (χ0n) is 15.1. The average molecular weight is 362 g/mol. The highest BCUT2D eigenvalue weighted by Gasteiger charge is 2.66. The first-order valence-corrected chi connectivity index (χ1v) is 9.67. The number of benzene rings is 2. The van der Waals surface area contributed by atoms with Crippen LogP contribution in [0.2, 0.25) is 0 Å². The molecule has 1 saturated carbocycles. The fraction of sp³-hybridized carbons (Fsp3) is 0.364. The van der Waals surface area contributed by atoms with Gasteiger partial charge < -0.3 is 0 Å². The summed E-state index contributed by atoms with van der Waals surface area (Å²) in [6.45, 7) is 0. The molecule has 5 nitrogen and oxygen atoms in total. The van der Waals surface area contributed by atoms with Gasteiger partial charge in [-0.1, -0.05) is 55.7 Å². The van der Waals surface area contributed by atoms with Crippen LogP contribution in [-0.4, -0.2) is 23.5 Å². The molecule has 1 spiro atoms. The number of imide groups is 1. The Morgan fingerprint density at radius 2 is 1.37 bits per heavy atom. The van der Waals surface area contributed by atoms with Gasteiger partial charge in [0.25, 0.3) is 5.91 Å². The summed E-state index contributed by atoms with van der Waals surface area (Å²) < 4.78 is 0. The third-order valence-corrected chi connectivity index (χ3v) is 6.18. The van der Waals surface area contributed by atoms with Crippen molar-refractivity contribution in [1.29, 1.82) is 0 Å². The number of nitrogens with zero attached hydrogens (tertiary/aromatic N) is 2. The third-order valence-electron chi connectivity index (χ3n) is 6.18. The molecule has 2 atom stereocenters. The highest BCUT2D eigenvalue weighted by molar-refractivity contribution is 6.24. The van der Waals surface area contributed by atoms with Crippen LogP contribution in [0.25, 0.3) is 0 Å². The van der Waals surface area contributed by atoms with E-state index >= 15 is 0 Å². The maximum absolute atomic E-state index is 13.4. The number of para-hydroxylation sites is 2. The smallest absolute Gasteiger partial charge is 0.266 e. The Balaban J connectivity index is 1.58. The van der Waals surface area contributed by atoms with Crippen molar-refractivity contribution in [2.45, 2.75) is 43.7 Å². The molecule has 2 amide bonds. The monoisotopic (exact) mass is 362 g/mol. The molecule has 3 fully saturated rings. The molecule has 0 bridgehead atoms. The maximum Gasteiger partial charge on any atom is 0.266 e. The van der Waals surface area contributed by atoms with Gasteiger partial charge in [0, 0.05) is 0 Å². The van der Waals surface area contributed by atoms with Crippen molar-refractivity contribution in [2.24, 2.45) is 5.92 Å². The van der Waals surface area contributed by atoms with Crippen LogP contribution in [0.15, 0.2) is 60.7 Å². The van der Waals surface area contributed by atoms with Gasteiger partial charge in [0.05, 0.1) is 16.9 Å². The van der Waals surface area contributed by atoms with E-state index in [-0.39, 0.29) is 11.8 Å². The average Bonchev–Trinajstić information content (AvgIpc) is 3.17. The van der Waals surface area contributed by atoms with Gasteiger partial charge in [-0.05, 0) is 37.1 Å². The second-order valence-electron chi connectivity index (χ2n) is 7.65. The summed E-state index contributed by atoms with van der Waals surface area (Å²) in [5.41, 5.74) is 1.10. The molecule has 2 aliphatic heterocycles. The van der Waals surface area contributed by atoms with Crippen molar-refractivity contribution in [3.05, 3.63) is 60.7 Å². The maximum atomic E-state index is 13.4. The number of carbonyl (C=O) groups is 2. The first kappa shape index (κ1) is 16.5. The van der Waals surface area contributed by atoms with Crippen molar-refractivity contribution in [1.82, 2.24) is 0 Å². The Kier molecular flexibility index (Phi) is 3.79. The molecule has 3 aliphatic rings. The summed E-state index contributed by atoms with van der Waals surface area (Å²) in [6, 6.07) is 19.0. The lowest BCUT2D eigenvalue weighted by atomic mass is 9.71. The molecule has 2 saturated heterocycles. The van der Waals surface area contributed by atoms with E-state index in [2.05, 4.69) is 0 Å². The number of hydrogen-bond acceptors (Lipinski definition) is 4. The Bertz CT molecular complexity index is 862. The molecule has 138 valence electrons. The van der Waals surface area contributed by atoms with Crippen LogP contribution in [0.1, 0.15) is 32.1 Å². The molecule has 0 unspecified atom stereocenters. The van der Waals surface area contributed by atoms with Crippen molar-refractivity contribution < 1.29 is 14.4 Å². The minimum absolute atomic E-state index is 0.128. The number of hydrogen-bond donors (Lipinski definition) is 0.